The van der Waals surface area contributed by atoms with E-state index in [9.17, 15) is 4.39 Å². The van der Waals surface area contributed by atoms with Gasteiger partial charge >= 0.3 is 0 Å². The van der Waals surface area contributed by atoms with E-state index in [1.165, 1.54) is 36.2 Å². The second-order valence-electron chi connectivity index (χ2n) is 6.20. The van der Waals surface area contributed by atoms with Gasteiger partial charge in [0.1, 0.15) is 5.82 Å². The first-order chi connectivity index (χ1) is 11.7. The lowest BCUT2D eigenvalue weighted by atomic mass is 10.2. The number of hydrogen-bond donors (Lipinski definition) is 0. The molecule has 0 spiro atoms. The zero-order chi connectivity index (χ0) is 16.5. The Labute approximate surface area is 145 Å². The van der Waals surface area contributed by atoms with E-state index in [1.54, 1.807) is 11.8 Å². The van der Waals surface area contributed by atoms with E-state index in [-0.39, 0.29) is 11.1 Å². The summed E-state index contributed by atoms with van der Waals surface area (Å²) < 4.78 is 15.5. The summed E-state index contributed by atoms with van der Waals surface area (Å²) in [7, 11) is 0. The largest absolute Gasteiger partial charge is 0.316 e. The fourth-order valence-corrected chi connectivity index (χ4v) is 3.98. The minimum atomic E-state index is -0.193. The fraction of sp³-hybridized carbons (Fsp3) is 0.250. The lowest BCUT2D eigenvalue weighted by molar-refractivity contribution is 0.627. The van der Waals surface area contributed by atoms with E-state index in [1.807, 2.05) is 24.4 Å². The molecule has 0 saturated heterocycles. The van der Waals surface area contributed by atoms with E-state index in [0.29, 0.717) is 6.04 Å². The standard InChI is InChI=1S/C20H19FN2S/c1-14(15-7-9-17(21)10-8-15)24-20-22-13-19(23(20)18-11-12-18)16-5-3-2-4-6-16/h2-10,13-14,18H,11-12H2,1H3. The second-order valence-corrected chi connectivity index (χ2v) is 7.51. The summed E-state index contributed by atoms with van der Waals surface area (Å²) in [6, 6.07) is 17.7. The Kier molecular flexibility index (Phi) is 4.15. The van der Waals surface area contributed by atoms with E-state index in [0.717, 1.165) is 10.7 Å². The molecule has 122 valence electrons. The summed E-state index contributed by atoms with van der Waals surface area (Å²) in [6.07, 6.45) is 4.41. The molecule has 1 aliphatic rings. The summed E-state index contributed by atoms with van der Waals surface area (Å²) >= 11 is 1.74. The van der Waals surface area contributed by atoms with Crippen molar-refractivity contribution in [3.05, 3.63) is 72.2 Å². The smallest absolute Gasteiger partial charge is 0.169 e. The van der Waals surface area contributed by atoms with Gasteiger partial charge in [-0.15, -0.1) is 0 Å². The van der Waals surface area contributed by atoms with Gasteiger partial charge in [-0.2, -0.15) is 0 Å². The Morgan fingerprint density at radius 1 is 1.08 bits per heavy atom. The normalized spacial score (nSPS) is 15.4. The Morgan fingerprint density at radius 2 is 1.79 bits per heavy atom. The van der Waals surface area contributed by atoms with Crippen LogP contribution in [0.4, 0.5) is 4.39 Å². The zero-order valence-electron chi connectivity index (χ0n) is 13.5. The Hall–Kier alpha value is -2.07. The van der Waals surface area contributed by atoms with Crippen molar-refractivity contribution in [2.75, 3.05) is 0 Å². The third-order valence-electron chi connectivity index (χ3n) is 4.37. The first-order valence-electron chi connectivity index (χ1n) is 8.27. The first-order valence-corrected chi connectivity index (χ1v) is 9.15. The van der Waals surface area contributed by atoms with Gasteiger partial charge in [0.25, 0.3) is 0 Å². The van der Waals surface area contributed by atoms with Crippen LogP contribution in [0.25, 0.3) is 11.3 Å². The quantitative estimate of drug-likeness (QED) is 0.541. The van der Waals surface area contributed by atoms with Crippen LogP contribution in [0.15, 0.2) is 66.0 Å². The fourth-order valence-electron chi connectivity index (χ4n) is 2.90. The van der Waals surface area contributed by atoms with Crippen LogP contribution in [0.3, 0.4) is 0 Å². The maximum Gasteiger partial charge on any atom is 0.169 e. The van der Waals surface area contributed by atoms with Crippen molar-refractivity contribution in [2.45, 2.75) is 36.2 Å². The van der Waals surface area contributed by atoms with Gasteiger partial charge in [-0.1, -0.05) is 54.2 Å². The maximum absolute atomic E-state index is 13.1. The molecule has 1 fully saturated rings. The molecule has 1 saturated carbocycles. The molecule has 0 N–H and O–H groups in total. The predicted molar refractivity (Wildman–Crippen MR) is 96.6 cm³/mol. The molecule has 0 aliphatic heterocycles. The van der Waals surface area contributed by atoms with Crippen molar-refractivity contribution in [1.29, 1.82) is 0 Å². The van der Waals surface area contributed by atoms with Crippen molar-refractivity contribution in [2.24, 2.45) is 0 Å². The topological polar surface area (TPSA) is 17.8 Å². The highest BCUT2D eigenvalue weighted by Crippen LogP contribution is 2.44. The van der Waals surface area contributed by atoms with Gasteiger partial charge < -0.3 is 4.57 Å². The minimum Gasteiger partial charge on any atom is -0.316 e. The number of hydrogen-bond acceptors (Lipinski definition) is 2. The molecule has 2 nitrogen and oxygen atoms in total. The van der Waals surface area contributed by atoms with Crippen LogP contribution < -0.4 is 0 Å². The van der Waals surface area contributed by atoms with Crippen LogP contribution >= 0.6 is 11.8 Å². The van der Waals surface area contributed by atoms with Gasteiger partial charge in [0.05, 0.1) is 11.9 Å². The van der Waals surface area contributed by atoms with Gasteiger partial charge in [-0.25, -0.2) is 9.37 Å². The van der Waals surface area contributed by atoms with E-state index < -0.39 is 0 Å². The zero-order valence-corrected chi connectivity index (χ0v) is 14.3. The Bertz CT molecular complexity index is 823. The lowest BCUT2D eigenvalue weighted by Gasteiger charge is -2.14. The molecule has 1 aromatic heterocycles. The van der Waals surface area contributed by atoms with Crippen LogP contribution in [-0.4, -0.2) is 9.55 Å². The lowest BCUT2D eigenvalue weighted by Crippen LogP contribution is -2.00. The van der Waals surface area contributed by atoms with Crippen molar-refractivity contribution in [1.82, 2.24) is 9.55 Å². The Balaban J connectivity index is 1.64. The molecular formula is C20H19FN2S. The Morgan fingerprint density at radius 3 is 2.46 bits per heavy atom. The summed E-state index contributed by atoms with van der Waals surface area (Å²) in [4.78, 5) is 4.69. The number of nitrogens with zero attached hydrogens (tertiary/aromatic N) is 2. The van der Waals surface area contributed by atoms with Crippen LogP contribution in [-0.2, 0) is 0 Å². The van der Waals surface area contributed by atoms with Crippen molar-refractivity contribution in [3.8, 4) is 11.3 Å². The molecule has 2 aromatic carbocycles. The molecular weight excluding hydrogens is 319 g/mol. The van der Waals surface area contributed by atoms with Crippen LogP contribution in [0.2, 0.25) is 0 Å². The van der Waals surface area contributed by atoms with Crippen molar-refractivity contribution >= 4 is 11.8 Å². The van der Waals surface area contributed by atoms with E-state index >= 15 is 0 Å². The highest BCUT2D eigenvalue weighted by atomic mass is 32.2. The molecule has 1 heterocycles. The molecule has 1 aliphatic carbocycles. The third kappa shape index (κ3) is 3.11. The van der Waals surface area contributed by atoms with E-state index in [2.05, 4.69) is 40.7 Å². The predicted octanol–water partition coefficient (Wildman–Crippen LogP) is 5.88. The number of benzene rings is 2. The highest BCUT2D eigenvalue weighted by molar-refractivity contribution is 7.99. The highest BCUT2D eigenvalue weighted by Gasteiger charge is 2.29. The molecule has 0 bridgehead atoms. The van der Waals surface area contributed by atoms with Gasteiger partial charge in [-0.3, -0.25) is 0 Å². The average molecular weight is 338 g/mol. The number of rotatable bonds is 5. The van der Waals surface area contributed by atoms with Gasteiger partial charge in [0.15, 0.2) is 5.16 Å². The molecule has 1 unspecified atom stereocenters. The van der Waals surface area contributed by atoms with Crippen molar-refractivity contribution in [3.63, 3.8) is 0 Å². The molecule has 0 amide bonds. The molecule has 24 heavy (non-hydrogen) atoms. The molecule has 4 rings (SSSR count). The number of halogens is 1. The van der Waals surface area contributed by atoms with Gasteiger partial charge in [0.2, 0.25) is 0 Å². The SMILES string of the molecule is CC(Sc1ncc(-c2ccccc2)n1C1CC1)c1ccc(F)cc1. The molecule has 4 heteroatoms. The monoisotopic (exact) mass is 338 g/mol. The van der Waals surface area contributed by atoms with Crippen LogP contribution in [0.5, 0.6) is 0 Å². The molecule has 1 atom stereocenters. The number of thioether (sulfide) groups is 1. The minimum absolute atomic E-state index is 0.193. The van der Waals surface area contributed by atoms with Crippen LogP contribution in [0, 0.1) is 5.82 Å². The average Bonchev–Trinajstić information content (AvgIpc) is 3.37. The van der Waals surface area contributed by atoms with E-state index in [4.69, 9.17) is 0 Å². The van der Waals surface area contributed by atoms with Gasteiger partial charge in [0, 0.05) is 11.3 Å². The third-order valence-corrected chi connectivity index (χ3v) is 5.50. The molecule has 0 radical (unpaired) electrons. The second kappa shape index (κ2) is 6.44. The number of aromatic nitrogens is 2. The number of imidazole rings is 1. The van der Waals surface area contributed by atoms with Gasteiger partial charge in [-0.05, 0) is 43.0 Å². The summed E-state index contributed by atoms with van der Waals surface area (Å²) in [6.45, 7) is 2.14. The molecule has 3 aromatic rings. The maximum atomic E-state index is 13.1. The summed E-state index contributed by atoms with van der Waals surface area (Å²) in [5, 5.41) is 1.28. The first kappa shape index (κ1) is 15.5. The van der Waals surface area contributed by atoms with Crippen LogP contribution in [0.1, 0.15) is 36.6 Å². The summed E-state index contributed by atoms with van der Waals surface area (Å²) in [5.74, 6) is -0.193. The summed E-state index contributed by atoms with van der Waals surface area (Å²) in [5.41, 5.74) is 3.51. The van der Waals surface area contributed by atoms with Crippen molar-refractivity contribution < 1.29 is 4.39 Å².